The maximum atomic E-state index is 12.0. The molecule has 1 N–H and O–H groups in total. The van der Waals surface area contributed by atoms with Crippen LogP contribution in [0.5, 0.6) is 0 Å². The fourth-order valence-electron chi connectivity index (χ4n) is 1.87. The number of ether oxygens (including phenoxy) is 1. The molecule has 0 saturated carbocycles. The first kappa shape index (κ1) is 11.1. The lowest BCUT2D eigenvalue weighted by Crippen LogP contribution is -2.39. The molecule has 2 rings (SSSR count). The fraction of sp³-hybridized carbons (Fsp3) is 0.636. The molecule has 88 valence electrons. The second-order valence-electron chi connectivity index (χ2n) is 4.09. The van der Waals surface area contributed by atoms with Gasteiger partial charge < -0.3 is 14.6 Å². The maximum absolute atomic E-state index is 12.0. The van der Waals surface area contributed by atoms with Crippen LogP contribution in [0, 0.1) is 0 Å². The van der Waals surface area contributed by atoms with Crippen molar-refractivity contribution in [3.8, 4) is 0 Å². The first-order valence-electron chi connectivity index (χ1n) is 5.62. The van der Waals surface area contributed by atoms with E-state index in [9.17, 15) is 4.79 Å². The minimum atomic E-state index is -0.256. The van der Waals surface area contributed by atoms with E-state index in [0.717, 1.165) is 25.1 Å². The normalized spacial score (nSPS) is 20.7. The summed E-state index contributed by atoms with van der Waals surface area (Å²) in [4.78, 5) is 20.7. The molecule has 0 aliphatic carbocycles. The first-order chi connectivity index (χ1) is 7.77. The van der Waals surface area contributed by atoms with Gasteiger partial charge in [0.15, 0.2) is 0 Å². The van der Waals surface area contributed by atoms with Gasteiger partial charge in [0.1, 0.15) is 11.9 Å². The second kappa shape index (κ2) is 5.12. The van der Waals surface area contributed by atoms with Gasteiger partial charge in [-0.25, -0.2) is 4.98 Å². The molecule has 5 nitrogen and oxygen atoms in total. The Morgan fingerprint density at radius 2 is 2.56 bits per heavy atom. The summed E-state index contributed by atoms with van der Waals surface area (Å²) in [5.41, 5.74) is 0. The maximum Gasteiger partial charge on any atom is 0.251 e. The summed E-state index contributed by atoms with van der Waals surface area (Å²) >= 11 is 0. The molecule has 1 fully saturated rings. The molecule has 16 heavy (non-hydrogen) atoms. The summed E-state index contributed by atoms with van der Waals surface area (Å²) in [6, 6.07) is 0. The average molecular weight is 223 g/mol. The van der Waals surface area contributed by atoms with Crippen LogP contribution >= 0.6 is 0 Å². The Bertz CT molecular complexity index is 331. The third-order valence-electron chi connectivity index (χ3n) is 2.77. The van der Waals surface area contributed by atoms with E-state index in [1.807, 2.05) is 0 Å². The smallest absolute Gasteiger partial charge is 0.251 e. The number of aromatic amines is 1. The number of imidazole rings is 1. The van der Waals surface area contributed by atoms with Gasteiger partial charge in [0.2, 0.25) is 0 Å². The summed E-state index contributed by atoms with van der Waals surface area (Å²) in [6.45, 7) is 1.21. The van der Waals surface area contributed by atoms with Crippen molar-refractivity contribution in [2.45, 2.75) is 31.9 Å². The van der Waals surface area contributed by atoms with Crippen molar-refractivity contribution in [3.05, 3.63) is 18.2 Å². The van der Waals surface area contributed by atoms with E-state index in [1.165, 1.54) is 0 Å². The number of carbonyl (C=O) groups is 1. The Hall–Kier alpha value is -1.36. The molecule has 1 aromatic rings. The highest BCUT2D eigenvalue weighted by Crippen LogP contribution is 2.15. The summed E-state index contributed by atoms with van der Waals surface area (Å²) in [6.07, 6.45) is 6.15. The van der Waals surface area contributed by atoms with Gasteiger partial charge in [-0.3, -0.25) is 4.79 Å². The van der Waals surface area contributed by atoms with Gasteiger partial charge in [-0.1, -0.05) is 0 Å². The van der Waals surface area contributed by atoms with Crippen LogP contribution in [-0.2, 0) is 16.1 Å². The van der Waals surface area contributed by atoms with E-state index in [-0.39, 0.29) is 12.0 Å². The number of likely N-dealkylation sites (N-methyl/N-ethyl adjacent to an activating group) is 1. The molecule has 0 spiro atoms. The average Bonchev–Trinajstić information content (AvgIpc) is 2.82. The number of carbonyl (C=O) groups excluding carboxylic acids is 1. The van der Waals surface area contributed by atoms with Crippen LogP contribution in [0.4, 0.5) is 0 Å². The van der Waals surface area contributed by atoms with Gasteiger partial charge in [0.25, 0.3) is 5.91 Å². The molecule has 1 unspecified atom stereocenters. The zero-order chi connectivity index (χ0) is 11.4. The highest BCUT2D eigenvalue weighted by molar-refractivity contribution is 5.80. The first-order valence-corrected chi connectivity index (χ1v) is 5.62. The van der Waals surface area contributed by atoms with Crippen LogP contribution in [-0.4, -0.2) is 40.5 Å². The molecule has 5 heteroatoms. The van der Waals surface area contributed by atoms with Crippen LogP contribution in [0.1, 0.15) is 25.1 Å². The van der Waals surface area contributed by atoms with E-state index in [1.54, 1.807) is 24.3 Å². The third-order valence-corrected chi connectivity index (χ3v) is 2.77. The zero-order valence-electron chi connectivity index (χ0n) is 9.48. The predicted molar refractivity (Wildman–Crippen MR) is 58.7 cm³/mol. The molecular formula is C11H17N3O2. The molecule has 1 aliphatic heterocycles. The van der Waals surface area contributed by atoms with Crippen molar-refractivity contribution in [1.29, 1.82) is 0 Å². The van der Waals surface area contributed by atoms with E-state index in [4.69, 9.17) is 4.74 Å². The lowest BCUT2D eigenvalue weighted by Gasteiger charge is -2.26. The van der Waals surface area contributed by atoms with Gasteiger partial charge in [-0.05, 0) is 19.3 Å². The number of nitrogens with zero attached hydrogens (tertiary/aromatic N) is 2. The van der Waals surface area contributed by atoms with Crippen LogP contribution in [0.2, 0.25) is 0 Å². The topological polar surface area (TPSA) is 58.2 Å². The van der Waals surface area contributed by atoms with Crippen LogP contribution < -0.4 is 0 Å². The van der Waals surface area contributed by atoms with Gasteiger partial charge in [0.05, 0.1) is 6.54 Å². The predicted octanol–water partition coefficient (Wildman–Crippen LogP) is 0.937. The Morgan fingerprint density at radius 3 is 3.19 bits per heavy atom. The van der Waals surface area contributed by atoms with Gasteiger partial charge >= 0.3 is 0 Å². The molecule has 1 atom stereocenters. The quantitative estimate of drug-likeness (QED) is 0.829. The van der Waals surface area contributed by atoms with Crippen LogP contribution in [0.15, 0.2) is 12.4 Å². The number of hydrogen-bond acceptors (Lipinski definition) is 3. The van der Waals surface area contributed by atoms with E-state index >= 15 is 0 Å². The largest absolute Gasteiger partial charge is 0.368 e. The Labute approximate surface area is 94.8 Å². The molecule has 1 amide bonds. The molecule has 1 aromatic heterocycles. The molecule has 1 saturated heterocycles. The van der Waals surface area contributed by atoms with Gasteiger partial charge in [0, 0.05) is 26.0 Å². The van der Waals surface area contributed by atoms with Crippen molar-refractivity contribution < 1.29 is 9.53 Å². The summed E-state index contributed by atoms with van der Waals surface area (Å²) < 4.78 is 5.46. The SMILES string of the molecule is CN(Cc1ncc[nH]1)C(=O)C1CCCCO1. The Morgan fingerprint density at radius 1 is 1.69 bits per heavy atom. The summed E-state index contributed by atoms with van der Waals surface area (Å²) in [5, 5.41) is 0. The third kappa shape index (κ3) is 2.61. The van der Waals surface area contributed by atoms with E-state index < -0.39 is 0 Å². The van der Waals surface area contributed by atoms with E-state index in [0.29, 0.717) is 13.2 Å². The number of H-pyrrole nitrogens is 1. The number of hydrogen-bond donors (Lipinski definition) is 1. The fourth-order valence-corrected chi connectivity index (χ4v) is 1.87. The molecule has 1 aliphatic rings. The lowest BCUT2D eigenvalue weighted by molar-refractivity contribution is -0.145. The van der Waals surface area contributed by atoms with Crippen LogP contribution in [0.3, 0.4) is 0 Å². The number of amides is 1. The zero-order valence-corrected chi connectivity index (χ0v) is 9.48. The van der Waals surface area contributed by atoms with Crippen molar-refractivity contribution in [2.75, 3.05) is 13.7 Å². The number of rotatable bonds is 3. The van der Waals surface area contributed by atoms with Crippen LogP contribution in [0.25, 0.3) is 0 Å². The highest BCUT2D eigenvalue weighted by atomic mass is 16.5. The summed E-state index contributed by atoms with van der Waals surface area (Å²) in [5.74, 6) is 0.850. The minimum absolute atomic E-state index is 0.0519. The van der Waals surface area contributed by atoms with Crippen molar-refractivity contribution in [2.24, 2.45) is 0 Å². The monoisotopic (exact) mass is 223 g/mol. The lowest BCUT2D eigenvalue weighted by atomic mass is 10.1. The Balaban J connectivity index is 1.88. The highest BCUT2D eigenvalue weighted by Gasteiger charge is 2.25. The molecular weight excluding hydrogens is 206 g/mol. The molecule has 0 bridgehead atoms. The van der Waals surface area contributed by atoms with Crippen molar-refractivity contribution in [3.63, 3.8) is 0 Å². The molecule has 0 aromatic carbocycles. The minimum Gasteiger partial charge on any atom is -0.368 e. The van der Waals surface area contributed by atoms with Crippen molar-refractivity contribution in [1.82, 2.24) is 14.9 Å². The second-order valence-corrected chi connectivity index (χ2v) is 4.09. The number of aromatic nitrogens is 2. The van der Waals surface area contributed by atoms with Gasteiger partial charge in [-0.15, -0.1) is 0 Å². The molecule has 0 radical (unpaired) electrons. The number of nitrogens with one attached hydrogen (secondary N) is 1. The van der Waals surface area contributed by atoms with Gasteiger partial charge in [-0.2, -0.15) is 0 Å². The summed E-state index contributed by atoms with van der Waals surface area (Å²) in [7, 11) is 1.78. The van der Waals surface area contributed by atoms with E-state index in [2.05, 4.69) is 9.97 Å². The Kier molecular flexibility index (Phi) is 3.56. The molecule has 2 heterocycles. The standard InChI is InChI=1S/C11H17N3O2/c1-14(8-10-12-5-6-13-10)11(15)9-4-2-3-7-16-9/h5-6,9H,2-4,7-8H2,1H3,(H,12,13). The van der Waals surface area contributed by atoms with Crippen molar-refractivity contribution >= 4 is 5.91 Å².